The smallest absolute Gasteiger partial charge is 0.332 e. The molecule has 22 heavy (non-hydrogen) atoms. The Morgan fingerprint density at radius 3 is 2.68 bits per heavy atom. The Kier molecular flexibility index (Phi) is 8.61. The van der Waals surface area contributed by atoms with Crippen molar-refractivity contribution in [3.05, 3.63) is 41.7 Å². The van der Waals surface area contributed by atoms with E-state index in [1.54, 1.807) is 6.20 Å². The van der Waals surface area contributed by atoms with E-state index >= 15 is 0 Å². The van der Waals surface area contributed by atoms with Gasteiger partial charge in [-0.1, -0.05) is 24.6 Å². The average Bonchev–Trinajstić information content (AvgIpc) is 2.46. The van der Waals surface area contributed by atoms with Crippen LogP contribution in [0.5, 0.6) is 0 Å². The molecular weight excluding hydrogens is 290 g/mol. The van der Waals surface area contributed by atoms with Crippen molar-refractivity contribution in [2.75, 3.05) is 6.61 Å². The van der Waals surface area contributed by atoms with Gasteiger partial charge in [0.1, 0.15) is 0 Å². The van der Waals surface area contributed by atoms with E-state index in [4.69, 9.17) is 8.85 Å². The van der Waals surface area contributed by atoms with Crippen molar-refractivity contribution in [1.29, 1.82) is 0 Å². The van der Waals surface area contributed by atoms with E-state index < -0.39 is 8.56 Å². The third-order valence-electron chi connectivity index (χ3n) is 3.58. The minimum Gasteiger partial charge on any atom is -0.394 e. The van der Waals surface area contributed by atoms with Gasteiger partial charge in [0, 0.05) is 19.0 Å². The summed E-state index contributed by atoms with van der Waals surface area (Å²) in [4.78, 5) is 4.10. The van der Waals surface area contributed by atoms with Crippen LogP contribution in [0.4, 0.5) is 0 Å². The predicted octanol–water partition coefficient (Wildman–Crippen LogP) is 5.09. The lowest BCUT2D eigenvalue weighted by Gasteiger charge is -2.23. The summed E-state index contributed by atoms with van der Waals surface area (Å²) in [6.07, 6.45) is 9.43. The summed E-state index contributed by atoms with van der Waals surface area (Å²) < 4.78 is 12.0. The molecule has 1 aromatic heterocycles. The highest BCUT2D eigenvalue weighted by atomic mass is 28.4. The van der Waals surface area contributed by atoms with Crippen molar-refractivity contribution in [3.63, 3.8) is 0 Å². The third kappa shape index (κ3) is 9.13. The van der Waals surface area contributed by atoms with Gasteiger partial charge in [0.2, 0.25) is 0 Å². The molecule has 1 rings (SSSR count). The molecular formula is C18H31NO2Si. The van der Waals surface area contributed by atoms with Gasteiger partial charge in [-0.25, -0.2) is 0 Å². The van der Waals surface area contributed by atoms with Gasteiger partial charge in [0.05, 0.1) is 6.61 Å². The maximum atomic E-state index is 6.03. The average molecular weight is 322 g/mol. The van der Waals surface area contributed by atoms with Crippen molar-refractivity contribution in [1.82, 2.24) is 4.98 Å². The van der Waals surface area contributed by atoms with Gasteiger partial charge in [-0.05, 0) is 63.8 Å². The number of rotatable bonds is 10. The van der Waals surface area contributed by atoms with Crippen LogP contribution in [0.1, 0.15) is 45.6 Å². The maximum absolute atomic E-state index is 6.03. The van der Waals surface area contributed by atoms with Crippen LogP contribution >= 0.6 is 0 Å². The molecule has 1 unspecified atom stereocenters. The molecule has 0 radical (unpaired) electrons. The SMILES string of the molecule is CC(C)=CCCC(C)CCO[Si](C)(C)OCc1cccnc1. The second-order valence-corrected chi connectivity index (χ2v) is 10.0. The van der Waals surface area contributed by atoms with E-state index in [1.807, 2.05) is 18.3 Å². The quantitative estimate of drug-likeness (QED) is 0.444. The van der Waals surface area contributed by atoms with Crippen molar-refractivity contribution in [2.24, 2.45) is 5.92 Å². The fourth-order valence-corrected chi connectivity index (χ4v) is 3.30. The molecule has 0 saturated heterocycles. The second kappa shape index (κ2) is 9.93. The first kappa shape index (κ1) is 19.1. The Hall–Kier alpha value is -0.973. The molecule has 0 amide bonds. The fourth-order valence-electron chi connectivity index (χ4n) is 2.09. The van der Waals surface area contributed by atoms with Crippen molar-refractivity contribution in [2.45, 2.75) is 59.7 Å². The summed E-state index contributed by atoms with van der Waals surface area (Å²) >= 11 is 0. The Balaban J connectivity index is 2.20. The van der Waals surface area contributed by atoms with Gasteiger partial charge in [0.25, 0.3) is 0 Å². The molecule has 0 aliphatic carbocycles. The number of pyridine rings is 1. The molecule has 0 N–H and O–H groups in total. The maximum Gasteiger partial charge on any atom is 0.332 e. The molecule has 0 fully saturated rings. The molecule has 0 bridgehead atoms. The van der Waals surface area contributed by atoms with E-state index in [2.05, 4.69) is 44.9 Å². The van der Waals surface area contributed by atoms with E-state index in [0.717, 1.165) is 18.6 Å². The lowest BCUT2D eigenvalue weighted by atomic mass is 10.0. The number of nitrogens with zero attached hydrogens (tertiary/aromatic N) is 1. The molecule has 1 aromatic rings. The third-order valence-corrected chi connectivity index (χ3v) is 5.32. The van der Waals surface area contributed by atoms with Crippen LogP contribution in [0, 0.1) is 5.92 Å². The van der Waals surface area contributed by atoms with Crippen LogP contribution < -0.4 is 0 Å². The van der Waals surface area contributed by atoms with Crippen LogP contribution in [-0.2, 0) is 15.5 Å². The normalized spacial score (nSPS) is 13.0. The van der Waals surface area contributed by atoms with Crippen LogP contribution in [0.2, 0.25) is 13.1 Å². The molecule has 4 heteroatoms. The molecule has 0 spiro atoms. The number of hydrogen-bond donors (Lipinski definition) is 0. The molecule has 3 nitrogen and oxygen atoms in total. The number of hydrogen-bond acceptors (Lipinski definition) is 3. The standard InChI is InChI=1S/C18H31NO2Si/c1-16(2)8-6-9-17(3)11-13-20-22(4,5)21-15-18-10-7-12-19-14-18/h7-8,10,12,14,17H,6,9,11,13,15H2,1-5H3. The van der Waals surface area contributed by atoms with Crippen LogP contribution in [0.15, 0.2) is 36.2 Å². The van der Waals surface area contributed by atoms with Gasteiger partial charge in [-0.3, -0.25) is 4.98 Å². The summed E-state index contributed by atoms with van der Waals surface area (Å²) in [6.45, 7) is 12.2. The molecule has 0 saturated carbocycles. The minimum atomic E-state index is -2.04. The highest BCUT2D eigenvalue weighted by Crippen LogP contribution is 2.15. The second-order valence-electron chi connectivity index (χ2n) is 6.65. The Bertz CT molecular complexity index is 442. The first-order valence-corrected chi connectivity index (χ1v) is 11.0. The predicted molar refractivity (Wildman–Crippen MR) is 94.9 cm³/mol. The van der Waals surface area contributed by atoms with Gasteiger partial charge in [-0.15, -0.1) is 0 Å². The zero-order valence-electron chi connectivity index (χ0n) is 14.8. The summed E-state index contributed by atoms with van der Waals surface area (Å²) in [5, 5.41) is 0. The summed E-state index contributed by atoms with van der Waals surface area (Å²) in [6, 6.07) is 3.96. The summed E-state index contributed by atoms with van der Waals surface area (Å²) in [5.74, 6) is 0.693. The van der Waals surface area contributed by atoms with Crippen molar-refractivity contribution < 1.29 is 8.85 Å². The van der Waals surface area contributed by atoms with Crippen LogP contribution in [-0.4, -0.2) is 20.2 Å². The van der Waals surface area contributed by atoms with Crippen molar-refractivity contribution >= 4 is 8.56 Å². The lowest BCUT2D eigenvalue weighted by molar-refractivity contribution is 0.162. The lowest BCUT2D eigenvalue weighted by Crippen LogP contribution is -2.35. The highest BCUT2D eigenvalue weighted by Gasteiger charge is 2.24. The molecule has 1 atom stereocenters. The first-order chi connectivity index (χ1) is 10.4. The van der Waals surface area contributed by atoms with Gasteiger partial charge in [0.15, 0.2) is 0 Å². The largest absolute Gasteiger partial charge is 0.394 e. The van der Waals surface area contributed by atoms with Crippen LogP contribution in [0.3, 0.4) is 0 Å². The molecule has 124 valence electrons. The topological polar surface area (TPSA) is 31.4 Å². The van der Waals surface area contributed by atoms with E-state index in [-0.39, 0.29) is 0 Å². The van der Waals surface area contributed by atoms with Gasteiger partial charge in [-0.2, -0.15) is 0 Å². The zero-order valence-corrected chi connectivity index (χ0v) is 15.8. The van der Waals surface area contributed by atoms with E-state index in [0.29, 0.717) is 12.5 Å². The monoisotopic (exact) mass is 321 g/mol. The number of allylic oxidation sites excluding steroid dienone is 2. The van der Waals surface area contributed by atoms with Crippen LogP contribution in [0.25, 0.3) is 0 Å². The highest BCUT2D eigenvalue weighted by molar-refractivity contribution is 6.64. The van der Waals surface area contributed by atoms with Gasteiger partial charge >= 0.3 is 8.56 Å². The first-order valence-electron chi connectivity index (χ1n) is 8.19. The summed E-state index contributed by atoms with van der Waals surface area (Å²) in [7, 11) is -2.04. The zero-order chi connectivity index (χ0) is 16.4. The minimum absolute atomic E-state index is 0.586. The van der Waals surface area contributed by atoms with E-state index in [9.17, 15) is 0 Å². The Morgan fingerprint density at radius 1 is 1.27 bits per heavy atom. The van der Waals surface area contributed by atoms with Gasteiger partial charge < -0.3 is 8.85 Å². The number of aromatic nitrogens is 1. The molecule has 0 aliphatic rings. The Labute approximate surface area is 137 Å². The molecule has 0 aromatic carbocycles. The Morgan fingerprint density at radius 2 is 2.05 bits per heavy atom. The fraction of sp³-hybridized carbons (Fsp3) is 0.611. The van der Waals surface area contributed by atoms with Crippen molar-refractivity contribution in [3.8, 4) is 0 Å². The van der Waals surface area contributed by atoms with E-state index in [1.165, 1.54) is 18.4 Å². The molecule has 1 heterocycles. The molecule has 0 aliphatic heterocycles. The summed E-state index contributed by atoms with van der Waals surface area (Å²) in [5.41, 5.74) is 2.50.